The number of para-hydroxylation sites is 1. The van der Waals surface area contributed by atoms with Crippen LogP contribution in [0.25, 0.3) is 10.9 Å². The summed E-state index contributed by atoms with van der Waals surface area (Å²) < 4.78 is 0. The van der Waals surface area contributed by atoms with E-state index >= 15 is 0 Å². The van der Waals surface area contributed by atoms with Crippen LogP contribution in [0.3, 0.4) is 0 Å². The molecule has 0 fully saturated rings. The van der Waals surface area contributed by atoms with E-state index in [-0.39, 0.29) is 5.82 Å². The Balaban J connectivity index is 2.34. The first-order valence-corrected chi connectivity index (χ1v) is 5.90. The van der Waals surface area contributed by atoms with Gasteiger partial charge in [-0.25, -0.2) is 14.8 Å². The number of nitrogens with zero attached hydrogens (tertiary/aromatic N) is 2. The number of rotatable bonds is 5. The van der Waals surface area contributed by atoms with Gasteiger partial charge in [0.15, 0.2) is 0 Å². The zero-order chi connectivity index (χ0) is 13.7. The number of carboxylic acids is 1. The highest BCUT2D eigenvalue weighted by molar-refractivity contribution is 5.93. The van der Waals surface area contributed by atoms with Gasteiger partial charge in [-0.15, -0.1) is 12.3 Å². The molecule has 1 aromatic heterocycles. The number of hydrogen-bond acceptors (Lipinski definition) is 4. The molecule has 0 aliphatic carbocycles. The number of nitrogens with one attached hydrogen (secondary N) is 1. The number of fused-ring (bicyclic) bond motifs is 1. The minimum atomic E-state index is -1.14. The number of benzene rings is 1. The minimum absolute atomic E-state index is 0.210. The van der Waals surface area contributed by atoms with Gasteiger partial charge in [0, 0.05) is 18.4 Å². The number of carbonyl (C=O) groups is 1. The van der Waals surface area contributed by atoms with Gasteiger partial charge in [-0.05, 0) is 18.6 Å². The molecule has 0 unspecified atom stereocenters. The number of aromatic nitrogens is 2. The molecule has 0 aliphatic heterocycles. The van der Waals surface area contributed by atoms with Crippen molar-refractivity contribution in [3.8, 4) is 12.3 Å². The largest absolute Gasteiger partial charge is 0.475 e. The highest BCUT2D eigenvalue weighted by Crippen LogP contribution is 2.20. The lowest BCUT2D eigenvalue weighted by Crippen LogP contribution is -2.10. The number of anilines is 1. The van der Waals surface area contributed by atoms with Gasteiger partial charge in [-0.2, -0.15) is 0 Å². The van der Waals surface area contributed by atoms with E-state index in [4.69, 9.17) is 11.5 Å². The van der Waals surface area contributed by atoms with E-state index in [9.17, 15) is 4.79 Å². The van der Waals surface area contributed by atoms with Crippen molar-refractivity contribution in [2.75, 3.05) is 11.9 Å². The van der Waals surface area contributed by atoms with E-state index in [0.717, 1.165) is 11.8 Å². The van der Waals surface area contributed by atoms with Gasteiger partial charge in [0.05, 0.1) is 5.52 Å². The first-order valence-electron chi connectivity index (χ1n) is 5.90. The number of aromatic carboxylic acids is 1. The maximum atomic E-state index is 11.0. The van der Waals surface area contributed by atoms with Crippen LogP contribution in [0.4, 0.5) is 5.82 Å². The van der Waals surface area contributed by atoms with Crippen LogP contribution in [0.5, 0.6) is 0 Å². The molecule has 96 valence electrons. The van der Waals surface area contributed by atoms with Crippen LogP contribution in [-0.4, -0.2) is 27.6 Å². The molecule has 0 radical (unpaired) electrons. The minimum Gasteiger partial charge on any atom is -0.475 e. The Kier molecular flexibility index (Phi) is 3.94. The summed E-state index contributed by atoms with van der Waals surface area (Å²) in [5.41, 5.74) is 0.606. The molecule has 0 aliphatic rings. The molecular weight excluding hydrogens is 242 g/mol. The van der Waals surface area contributed by atoms with Crippen LogP contribution in [0.15, 0.2) is 24.3 Å². The zero-order valence-corrected chi connectivity index (χ0v) is 10.3. The van der Waals surface area contributed by atoms with Crippen molar-refractivity contribution in [2.45, 2.75) is 12.8 Å². The van der Waals surface area contributed by atoms with Gasteiger partial charge in [0.2, 0.25) is 5.82 Å². The predicted octanol–water partition coefficient (Wildman–Crippen LogP) is 2.15. The number of unbranched alkanes of at least 4 members (excludes halogenated alkanes) is 1. The summed E-state index contributed by atoms with van der Waals surface area (Å²) in [6.45, 7) is 0.643. The van der Waals surface area contributed by atoms with Crippen molar-refractivity contribution in [3.05, 3.63) is 30.1 Å². The van der Waals surface area contributed by atoms with Crippen LogP contribution in [0.1, 0.15) is 23.5 Å². The Labute approximate surface area is 110 Å². The number of hydrogen-bond donors (Lipinski definition) is 2. The van der Waals surface area contributed by atoms with E-state index in [0.29, 0.717) is 24.3 Å². The van der Waals surface area contributed by atoms with Crippen molar-refractivity contribution >= 4 is 22.7 Å². The van der Waals surface area contributed by atoms with Gasteiger partial charge >= 0.3 is 5.97 Å². The van der Waals surface area contributed by atoms with Crippen LogP contribution in [-0.2, 0) is 0 Å². The summed E-state index contributed by atoms with van der Waals surface area (Å²) in [4.78, 5) is 19.0. The van der Waals surface area contributed by atoms with Crippen LogP contribution in [0, 0.1) is 12.3 Å². The number of carboxylic acid groups (broad SMARTS) is 1. The van der Waals surface area contributed by atoms with Crippen molar-refractivity contribution in [1.82, 2.24) is 9.97 Å². The molecule has 0 amide bonds. The fourth-order valence-corrected chi connectivity index (χ4v) is 1.70. The number of terminal acetylenes is 1. The quantitative estimate of drug-likeness (QED) is 0.632. The normalized spacial score (nSPS) is 10.1. The summed E-state index contributed by atoms with van der Waals surface area (Å²) in [7, 11) is 0. The second kappa shape index (κ2) is 5.83. The molecule has 2 N–H and O–H groups in total. The van der Waals surface area contributed by atoms with Crippen molar-refractivity contribution in [2.24, 2.45) is 0 Å². The third-order valence-corrected chi connectivity index (χ3v) is 2.58. The molecule has 5 nitrogen and oxygen atoms in total. The average molecular weight is 255 g/mol. The van der Waals surface area contributed by atoms with E-state index in [1.807, 2.05) is 18.2 Å². The van der Waals surface area contributed by atoms with Crippen LogP contribution in [0.2, 0.25) is 0 Å². The summed E-state index contributed by atoms with van der Waals surface area (Å²) in [5.74, 6) is 1.73. The summed E-state index contributed by atoms with van der Waals surface area (Å²) >= 11 is 0. The smallest absolute Gasteiger partial charge is 0.374 e. The lowest BCUT2D eigenvalue weighted by molar-refractivity contribution is 0.0684. The van der Waals surface area contributed by atoms with Crippen LogP contribution < -0.4 is 5.32 Å². The topological polar surface area (TPSA) is 75.1 Å². The van der Waals surface area contributed by atoms with E-state index in [2.05, 4.69) is 21.2 Å². The van der Waals surface area contributed by atoms with Crippen molar-refractivity contribution < 1.29 is 9.90 Å². The maximum Gasteiger partial charge on any atom is 0.374 e. The molecular formula is C14H13N3O2. The highest BCUT2D eigenvalue weighted by atomic mass is 16.4. The molecule has 19 heavy (non-hydrogen) atoms. The summed E-state index contributed by atoms with van der Waals surface area (Å²) in [6, 6.07) is 7.28. The lowest BCUT2D eigenvalue weighted by atomic mass is 10.2. The van der Waals surface area contributed by atoms with Gasteiger partial charge in [0.25, 0.3) is 0 Å². The first-order chi connectivity index (χ1) is 9.22. The molecule has 2 aromatic rings. The molecule has 0 saturated carbocycles. The van der Waals surface area contributed by atoms with E-state index < -0.39 is 5.97 Å². The third-order valence-electron chi connectivity index (χ3n) is 2.58. The molecule has 0 bridgehead atoms. The van der Waals surface area contributed by atoms with Gasteiger partial charge in [-0.3, -0.25) is 0 Å². The third kappa shape index (κ3) is 2.99. The molecule has 2 rings (SSSR count). The second-order valence-electron chi connectivity index (χ2n) is 3.95. The fraction of sp³-hybridized carbons (Fsp3) is 0.214. The van der Waals surface area contributed by atoms with Crippen molar-refractivity contribution in [3.63, 3.8) is 0 Å². The molecule has 0 atom stereocenters. The molecule has 1 heterocycles. The fourth-order valence-electron chi connectivity index (χ4n) is 1.70. The lowest BCUT2D eigenvalue weighted by Gasteiger charge is -2.08. The average Bonchev–Trinajstić information content (AvgIpc) is 2.43. The second-order valence-corrected chi connectivity index (χ2v) is 3.95. The Morgan fingerprint density at radius 3 is 2.89 bits per heavy atom. The van der Waals surface area contributed by atoms with Gasteiger partial charge in [0.1, 0.15) is 5.82 Å². The Morgan fingerprint density at radius 2 is 2.16 bits per heavy atom. The summed E-state index contributed by atoms with van der Waals surface area (Å²) in [5, 5.41) is 12.9. The van der Waals surface area contributed by atoms with Crippen LogP contribution >= 0.6 is 0 Å². The van der Waals surface area contributed by atoms with Gasteiger partial charge in [-0.1, -0.05) is 12.1 Å². The van der Waals surface area contributed by atoms with E-state index in [1.165, 1.54) is 0 Å². The monoisotopic (exact) mass is 255 g/mol. The molecule has 0 saturated heterocycles. The standard InChI is InChI=1S/C14H13N3O2/c1-2-3-6-9-15-12-10-7-4-5-8-11(10)16-13(17-12)14(18)19/h1,4-5,7-8H,3,6,9H2,(H,18,19)(H,15,16,17). The van der Waals surface area contributed by atoms with Gasteiger partial charge < -0.3 is 10.4 Å². The Morgan fingerprint density at radius 1 is 1.37 bits per heavy atom. The first kappa shape index (κ1) is 12.8. The summed E-state index contributed by atoms with van der Waals surface area (Å²) in [6.07, 6.45) is 6.65. The Bertz CT molecular complexity index is 647. The molecule has 5 heteroatoms. The highest BCUT2D eigenvalue weighted by Gasteiger charge is 2.11. The zero-order valence-electron chi connectivity index (χ0n) is 10.3. The van der Waals surface area contributed by atoms with E-state index in [1.54, 1.807) is 6.07 Å². The maximum absolute atomic E-state index is 11.0. The molecule has 1 aromatic carbocycles. The SMILES string of the molecule is C#CCCCNc1nc(C(=O)O)nc2ccccc12. The Hall–Kier alpha value is -2.61. The predicted molar refractivity (Wildman–Crippen MR) is 73.1 cm³/mol. The molecule has 0 spiro atoms. The van der Waals surface area contributed by atoms with Crippen molar-refractivity contribution in [1.29, 1.82) is 0 Å².